The number of carbonyl (C=O) groups excluding carboxylic acids is 5. The van der Waals surface area contributed by atoms with E-state index in [0.29, 0.717) is 39.0 Å². The number of aromatic hydroxyl groups is 1. The number of furan rings is 2. The predicted molar refractivity (Wildman–Crippen MR) is 197 cm³/mol. The number of halogens is 7. The molecule has 0 saturated carbocycles. The average molecular weight is 1080 g/mol. The number of hydrogen-bond acceptors (Lipinski definition) is 10. The SMILES string of the molecule is CC(=O)CCl.CC(=O)c1cc2cccc(Cl)c2o1.O=C(CBr)c1cc2cccc(Cl)c2o1.O=CO[O-].O=Cc1cccc(Cl)c1O.[Br][Cu][Br].[H-].[K+].[K+]. The third-order valence-corrected chi connectivity index (χ3v) is 6.89. The van der Waals surface area contributed by atoms with Gasteiger partial charge in [-0.05, 0) is 43.3 Å². The Hall–Kier alpha value is 1.04. The zero-order valence-corrected chi connectivity index (χ0v) is 42.0. The summed E-state index contributed by atoms with van der Waals surface area (Å²) in [5.41, 5.74) is 1.36. The van der Waals surface area contributed by atoms with Gasteiger partial charge in [0.15, 0.2) is 34.8 Å². The molecule has 0 aliphatic rings. The summed E-state index contributed by atoms with van der Waals surface area (Å²) in [6.45, 7) is 2.73. The van der Waals surface area contributed by atoms with Gasteiger partial charge < -0.3 is 25.5 Å². The van der Waals surface area contributed by atoms with E-state index in [0.717, 1.165) is 10.8 Å². The molecule has 20 heteroatoms. The van der Waals surface area contributed by atoms with Gasteiger partial charge in [-0.1, -0.05) is 81.1 Å². The zero-order valence-electron chi connectivity index (χ0n) is 28.0. The van der Waals surface area contributed by atoms with Gasteiger partial charge in [-0.25, -0.2) is 0 Å². The first-order valence-electron chi connectivity index (χ1n) is 12.7. The molecule has 10 nitrogen and oxygen atoms in total. The van der Waals surface area contributed by atoms with Crippen LogP contribution in [-0.2, 0) is 25.8 Å². The van der Waals surface area contributed by atoms with Crippen molar-refractivity contribution in [3.05, 3.63) is 98.9 Å². The molecule has 0 radical (unpaired) electrons. The Morgan fingerprint density at radius 1 is 0.863 bits per heavy atom. The molecule has 0 fully saturated rings. The van der Waals surface area contributed by atoms with E-state index in [1.165, 1.54) is 37.3 Å². The van der Waals surface area contributed by atoms with Crippen LogP contribution in [0.4, 0.5) is 0 Å². The van der Waals surface area contributed by atoms with Gasteiger partial charge in [0.05, 0.1) is 31.8 Å². The van der Waals surface area contributed by atoms with Gasteiger partial charge in [0.25, 0.3) is 6.47 Å². The van der Waals surface area contributed by atoms with Crippen molar-refractivity contribution in [1.82, 2.24) is 0 Å². The van der Waals surface area contributed by atoms with Crippen LogP contribution in [0, 0.1) is 0 Å². The molecule has 51 heavy (non-hydrogen) atoms. The predicted octanol–water partition coefficient (Wildman–Crippen LogP) is 3.87. The van der Waals surface area contributed by atoms with E-state index in [2.05, 4.69) is 49.0 Å². The molecule has 0 saturated heterocycles. The first kappa shape index (κ1) is 56.4. The van der Waals surface area contributed by atoms with Crippen LogP contribution in [0.3, 0.4) is 0 Å². The molecule has 0 bridgehead atoms. The van der Waals surface area contributed by atoms with Crippen LogP contribution in [-0.4, -0.2) is 46.4 Å². The first-order valence-corrected chi connectivity index (χ1v) is 20.2. The van der Waals surface area contributed by atoms with Crippen molar-refractivity contribution in [3.63, 3.8) is 0 Å². The van der Waals surface area contributed by atoms with E-state index in [1.807, 2.05) is 24.3 Å². The minimum Gasteiger partial charge on any atom is -1.00 e. The number of hydrogen-bond donors (Lipinski definition) is 1. The fraction of sp³-hybridized carbons (Fsp3) is 0.129. The summed E-state index contributed by atoms with van der Waals surface area (Å²) in [7, 11) is 0. The Kier molecular flexibility index (Phi) is 36.7. The fourth-order valence-electron chi connectivity index (χ4n) is 3.06. The van der Waals surface area contributed by atoms with Gasteiger partial charge in [0.2, 0.25) is 5.78 Å². The monoisotopic (exact) mass is 1070 g/mol. The maximum Gasteiger partial charge on any atom is 1.00 e. The van der Waals surface area contributed by atoms with E-state index in [4.69, 9.17) is 70.4 Å². The van der Waals surface area contributed by atoms with E-state index in [-0.39, 0.29) is 156 Å². The van der Waals surface area contributed by atoms with Crippen LogP contribution in [0.25, 0.3) is 21.9 Å². The van der Waals surface area contributed by atoms with Gasteiger partial charge in [-0.15, -0.1) is 11.6 Å². The van der Waals surface area contributed by atoms with Gasteiger partial charge in [-0.3, -0.25) is 24.0 Å². The van der Waals surface area contributed by atoms with Crippen LogP contribution in [0.2, 0.25) is 15.1 Å². The Bertz CT molecular complexity index is 1830. The molecule has 0 aliphatic heterocycles. The number of phenols is 1. The van der Waals surface area contributed by atoms with E-state index in [9.17, 15) is 19.2 Å². The number of ketones is 3. The van der Waals surface area contributed by atoms with E-state index < -0.39 is 0 Å². The largest absolute Gasteiger partial charge is 1.00 e. The minimum absolute atomic E-state index is 0. The summed E-state index contributed by atoms with van der Waals surface area (Å²) >= 11 is 32.7. The fourth-order valence-corrected chi connectivity index (χ4v) is 3.96. The van der Waals surface area contributed by atoms with Crippen LogP contribution in [0.1, 0.15) is 46.7 Å². The number of alkyl halides is 2. The molecular weight excluding hydrogens is 1060 g/mol. The van der Waals surface area contributed by atoms with Crippen LogP contribution in [0.5, 0.6) is 5.75 Å². The number of aldehydes is 1. The Morgan fingerprint density at radius 2 is 1.25 bits per heavy atom. The quantitative estimate of drug-likeness (QED) is 0.0660. The molecule has 5 rings (SSSR count). The number of rotatable bonds is 6. The Morgan fingerprint density at radius 3 is 1.59 bits per heavy atom. The Balaban J connectivity index is -0.000000283. The van der Waals surface area contributed by atoms with Crippen molar-refractivity contribution < 1.29 is 164 Å². The molecule has 1 N–H and O–H groups in total. The number of carbonyl (C=O) groups is 5. The molecule has 0 amide bonds. The van der Waals surface area contributed by atoms with Crippen LogP contribution in [0.15, 0.2) is 75.6 Å². The third kappa shape index (κ3) is 22.4. The number of fused-ring (bicyclic) bond motifs is 2. The second-order valence-corrected chi connectivity index (χ2v) is 15.3. The van der Waals surface area contributed by atoms with Crippen molar-refractivity contribution in [2.75, 3.05) is 11.2 Å². The maximum atomic E-state index is 11.3. The summed E-state index contributed by atoms with van der Waals surface area (Å²) in [6.07, 6.45) is 0.557. The molecule has 271 valence electrons. The first-order chi connectivity index (χ1) is 23.3. The second-order valence-electron chi connectivity index (χ2n) is 8.52. The maximum absolute atomic E-state index is 11.3. The second kappa shape index (κ2) is 33.2. The normalized spacial score (nSPS) is 9.06. The number of benzene rings is 3. The minimum atomic E-state index is -0.181. The Labute approximate surface area is 428 Å². The molecular formula is C31H25Br3Cl4CuK2O10. The molecule has 5 aromatic rings. The summed E-state index contributed by atoms with van der Waals surface area (Å²) in [4.78, 5) is 53.4. The summed E-state index contributed by atoms with van der Waals surface area (Å²) in [5, 5.41) is 20.7. The molecule has 0 atom stereocenters. The molecule has 3 aromatic carbocycles. The standard InChI is InChI=1S/C10H6BrClO2.C10H7ClO2.C7H5ClO2.C3H5ClO.CH2O3.2BrH.Cu.2K.H/c11-5-8(13)9-4-6-2-1-3-7(12)10(6)14-9;1-6(12)9-5-7-3-2-4-8(11)10(7)13-9;8-6-3-1-2-5(4-9)7(6)10;1-3(5)2-4;2-1-4-3;;;;;;/h1-4H,5H2;2-5H,1H3;1-4,10H;2H2,1H3;1,3H;2*1H;;;;/q;;;;;;;+2;2*+1;-1/p-3. The van der Waals surface area contributed by atoms with Gasteiger partial charge in [0.1, 0.15) is 11.5 Å². The van der Waals surface area contributed by atoms with Crippen molar-refractivity contribution in [2.45, 2.75) is 13.8 Å². The van der Waals surface area contributed by atoms with E-state index in [1.54, 1.807) is 30.3 Å². The zero-order chi connectivity index (χ0) is 37.5. The number of para-hydroxylation sites is 3. The van der Waals surface area contributed by atoms with Gasteiger partial charge in [0, 0.05) is 17.7 Å². The van der Waals surface area contributed by atoms with Gasteiger partial charge >= 0.3 is 142 Å². The summed E-state index contributed by atoms with van der Waals surface area (Å²) in [5.74, 6) is 0.517. The summed E-state index contributed by atoms with van der Waals surface area (Å²) in [6, 6.07) is 18.8. The van der Waals surface area contributed by atoms with Gasteiger partial charge in [-0.2, -0.15) is 0 Å². The number of Topliss-reactive ketones (excluding diaryl/α,β-unsaturated/α-hetero) is 3. The number of phenolic OH excluding ortho intramolecular Hbond substituents is 1. The van der Waals surface area contributed by atoms with Crippen molar-refractivity contribution in [2.24, 2.45) is 0 Å². The molecule has 0 aliphatic carbocycles. The van der Waals surface area contributed by atoms with Crippen molar-refractivity contribution in [3.8, 4) is 5.75 Å². The molecule has 0 unspecified atom stereocenters. The third-order valence-electron chi connectivity index (χ3n) is 5.11. The molecule has 0 spiro atoms. The van der Waals surface area contributed by atoms with Crippen LogP contribution < -0.4 is 108 Å². The molecule has 2 heterocycles. The summed E-state index contributed by atoms with van der Waals surface area (Å²) < 4.78 is 10.6. The average Bonchev–Trinajstić information content (AvgIpc) is 3.74. The smallest absolute Gasteiger partial charge is 1.00 e. The molecule has 2 aromatic heterocycles. The van der Waals surface area contributed by atoms with Crippen molar-refractivity contribution in [1.29, 1.82) is 0 Å². The van der Waals surface area contributed by atoms with Crippen LogP contribution >= 0.6 is 90.6 Å². The van der Waals surface area contributed by atoms with E-state index >= 15 is 0 Å². The van der Waals surface area contributed by atoms with Crippen molar-refractivity contribution >= 4 is 143 Å². The topological polar surface area (TPSA) is 164 Å².